The molecule has 0 unspecified atom stereocenters. The SMILES string of the molecule is CCn1cnc2c(N3CC(C)(C)[C@H]3c3cccnc3)ncnc21. The number of hydrogen-bond donors (Lipinski definition) is 0. The summed E-state index contributed by atoms with van der Waals surface area (Å²) in [7, 11) is 0. The molecule has 0 N–H and O–H groups in total. The number of imidazole rings is 1. The van der Waals surface area contributed by atoms with Crippen molar-refractivity contribution in [2.45, 2.75) is 33.4 Å². The first-order chi connectivity index (χ1) is 11.1. The Kier molecular flexibility index (Phi) is 3.07. The minimum Gasteiger partial charge on any atom is -0.346 e. The van der Waals surface area contributed by atoms with E-state index < -0.39 is 0 Å². The van der Waals surface area contributed by atoms with Gasteiger partial charge >= 0.3 is 0 Å². The van der Waals surface area contributed by atoms with Crippen LogP contribution in [0.1, 0.15) is 32.4 Å². The van der Waals surface area contributed by atoms with E-state index in [1.165, 1.54) is 5.56 Å². The van der Waals surface area contributed by atoms with Crippen molar-refractivity contribution in [3.8, 4) is 0 Å². The van der Waals surface area contributed by atoms with Gasteiger partial charge in [-0.3, -0.25) is 4.98 Å². The van der Waals surface area contributed by atoms with Crippen molar-refractivity contribution in [2.24, 2.45) is 5.41 Å². The predicted octanol–water partition coefficient (Wildman–Crippen LogP) is 2.83. The van der Waals surface area contributed by atoms with Gasteiger partial charge in [0.25, 0.3) is 0 Å². The molecule has 1 fully saturated rings. The van der Waals surface area contributed by atoms with Crippen LogP contribution in [0, 0.1) is 5.41 Å². The van der Waals surface area contributed by atoms with Gasteiger partial charge in [-0.1, -0.05) is 19.9 Å². The second-order valence-corrected chi connectivity index (χ2v) is 6.71. The normalized spacial score (nSPS) is 19.8. The molecule has 118 valence electrons. The van der Waals surface area contributed by atoms with Gasteiger partial charge in [0, 0.05) is 30.9 Å². The van der Waals surface area contributed by atoms with Crippen LogP contribution in [-0.4, -0.2) is 31.0 Å². The molecule has 0 aromatic carbocycles. The largest absolute Gasteiger partial charge is 0.346 e. The van der Waals surface area contributed by atoms with Crippen LogP contribution in [0.5, 0.6) is 0 Å². The Morgan fingerprint density at radius 2 is 2.13 bits per heavy atom. The van der Waals surface area contributed by atoms with Crippen LogP contribution in [0.15, 0.2) is 37.2 Å². The predicted molar refractivity (Wildman–Crippen MR) is 89.1 cm³/mol. The number of hydrogen-bond acceptors (Lipinski definition) is 5. The maximum absolute atomic E-state index is 4.55. The van der Waals surface area contributed by atoms with E-state index >= 15 is 0 Å². The number of rotatable bonds is 3. The van der Waals surface area contributed by atoms with Gasteiger partial charge in [-0.2, -0.15) is 0 Å². The van der Waals surface area contributed by atoms with Crippen LogP contribution in [0.3, 0.4) is 0 Å². The van der Waals surface area contributed by atoms with Crippen LogP contribution >= 0.6 is 0 Å². The summed E-state index contributed by atoms with van der Waals surface area (Å²) in [4.78, 5) is 20.1. The van der Waals surface area contributed by atoms with Crippen molar-refractivity contribution in [3.05, 3.63) is 42.7 Å². The van der Waals surface area contributed by atoms with Gasteiger partial charge in [-0.25, -0.2) is 15.0 Å². The zero-order valence-corrected chi connectivity index (χ0v) is 13.6. The van der Waals surface area contributed by atoms with E-state index in [-0.39, 0.29) is 11.5 Å². The summed E-state index contributed by atoms with van der Waals surface area (Å²) < 4.78 is 2.05. The minimum absolute atomic E-state index is 0.174. The number of pyridine rings is 1. The molecule has 0 spiro atoms. The minimum atomic E-state index is 0.174. The first kappa shape index (κ1) is 14.1. The summed E-state index contributed by atoms with van der Waals surface area (Å²) in [6.45, 7) is 8.45. The lowest BCUT2D eigenvalue weighted by molar-refractivity contribution is 0.179. The number of aromatic nitrogens is 5. The third-order valence-corrected chi connectivity index (χ3v) is 4.62. The van der Waals surface area contributed by atoms with Crippen molar-refractivity contribution in [2.75, 3.05) is 11.4 Å². The molecule has 3 aromatic heterocycles. The molecule has 0 saturated carbocycles. The monoisotopic (exact) mass is 308 g/mol. The summed E-state index contributed by atoms with van der Waals surface area (Å²) in [5.74, 6) is 0.912. The Morgan fingerprint density at radius 3 is 2.83 bits per heavy atom. The lowest BCUT2D eigenvalue weighted by Crippen LogP contribution is -2.56. The van der Waals surface area contributed by atoms with Gasteiger partial charge < -0.3 is 9.47 Å². The van der Waals surface area contributed by atoms with E-state index in [4.69, 9.17) is 0 Å². The molecule has 1 aliphatic heterocycles. The Morgan fingerprint density at radius 1 is 1.26 bits per heavy atom. The van der Waals surface area contributed by atoms with Crippen molar-refractivity contribution in [1.29, 1.82) is 0 Å². The van der Waals surface area contributed by atoms with E-state index in [2.05, 4.69) is 51.7 Å². The summed E-state index contributed by atoms with van der Waals surface area (Å²) >= 11 is 0. The molecule has 4 heterocycles. The second kappa shape index (κ2) is 5.01. The zero-order valence-electron chi connectivity index (χ0n) is 13.6. The summed E-state index contributed by atoms with van der Waals surface area (Å²) in [6, 6.07) is 4.37. The number of nitrogens with zero attached hydrogens (tertiary/aromatic N) is 6. The lowest BCUT2D eigenvalue weighted by atomic mass is 9.72. The molecule has 3 aromatic rings. The summed E-state index contributed by atoms with van der Waals surface area (Å²) in [5, 5.41) is 0. The van der Waals surface area contributed by atoms with Crippen molar-refractivity contribution in [3.63, 3.8) is 0 Å². The third-order valence-electron chi connectivity index (χ3n) is 4.62. The molecule has 1 aliphatic rings. The molecule has 0 amide bonds. The highest BCUT2D eigenvalue weighted by Gasteiger charge is 2.48. The van der Waals surface area contributed by atoms with Gasteiger partial charge in [0.2, 0.25) is 0 Å². The first-order valence-corrected chi connectivity index (χ1v) is 7.94. The topological polar surface area (TPSA) is 59.7 Å². The molecule has 1 saturated heterocycles. The van der Waals surface area contributed by atoms with Gasteiger partial charge in [0.15, 0.2) is 17.0 Å². The molecular formula is C17H20N6. The molecule has 6 nitrogen and oxygen atoms in total. The highest BCUT2D eigenvalue weighted by atomic mass is 15.3. The van der Waals surface area contributed by atoms with E-state index in [9.17, 15) is 0 Å². The van der Waals surface area contributed by atoms with Crippen LogP contribution in [0.2, 0.25) is 0 Å². The molecular weight excluding hydrogens is 288 g/mol. The van der Waals surface area contributed by atoms with Crippen molar-refractivity contribution in [1.82, 2.24) is 24.5 Å². The lowest BCUT2D eigenvalue weighted by Gasteiger charge is -2.55. The quantitative estimate of drug-likeness (QED) is 0.744. The molecule has 0 aliphatic carbocycles. The fourth-order valence-electron chi connectivity index (χ4n) is 3.60. The maximum atomic E-state index is 4.55. The highest BCUT2D eigenvalue weighted by Crippen LogP contribution is 2.50. The van der Waals surface area contributed by atoms with E-state index in [1.807, 2.05) is 29.4 Å². The Labute approximate surface area is 135 Å². The van der Waals surface area contributed by atoms with Crippen LogP contribution in [0.4, 0.5) is 5.82 Å². The number of fused-ring (bicyclic) bond motifs is 1. The Hall–Kier alpha value is -2.50. The Balaban J connectivity index is 1.80. The highest BCUT2D eigenvalue weighted by molar-refractivity contribution is 5.84. The van der Waals surface area contributed by atoms with Crippen molar-refractivity contribution < 1.29 is 0 Å². The smallest absolute Gasteiger partial charge is 0.165 e. The standard InChI is InChI=1S/C17H20N6/c1-4-22-11-21-13-15(22)19-10-20-16(13)23-9-17(2,3)14(23)12-6-5-7-18-8-12/h5-8,10-11,14H,4,9H2,1-3H3/t14-/m1/s1. The zero-order chi connectivity index (χ0) is 16.0. The molecule has 0 radical (unpaired) electrons. The molecule has 23 heavy (non-hydrogen) atoms. The average molecular weight is 308 g/mol. The van der Waals surface area contributed by atoms with E-state index in [0.29, 0.717) is 0 Å². The van der Waals surface area contributed by atoms with Gasteiger partial charge in [0.1, 0.15) is 6.33 Å². The molecule has 1 atom stereocenters. The van der Waals surface area contributed by atoms with E-state index in [0.717, 1.165) is 30.1 Å². The second-order valence-electron chi connectivity index (χ2n) is 6.71. The summed E-state index contributed by atoms with van der Waals surface area (Å²) in [6.07, 6.45) is 7.23. The van der Waals surface area contributed by atoms with Crippen molar-refractivity contribution >= 4 is 17.0 Å². The van der Waals surface area contributed by atoms with Crippen LogP contribution in [-0.2, 0) is 6.54 Å². The molecule has 6 heteroatoms. The fourth-order valence-corrected chi connectivity index (χ4v) is 3.60. The number of aryl methyl sites for hydroxylation is 1. The third kappa shape index (κ3) is 2.09. The fraction of sp³-hybridized carbons (Fsp3) is 0.412. The van der Waals surface area contributed by atoms with E-state index in [1.54, 1.807) is 6.33 Å². The average Bonchev–Trinajstić information content (AvgIpc) is 2.97. The molecule has 0 bridgehead atoms. The van der Waals surface area contributed by atoms with Gasteiger partial charge in [-0.05, 0) is 18.6 Å². The van der Waals surface area contributed by atoms with Crippen LogP contribution in [0.25, 0.3) is 11.2 Å². The number of anilines is 1. The van der Waals surface area contributed by atoms with Gasteiger partial charge in [0.05, 0.1) is 12.4 Å². The van der Waals surface area contributed by atoms with Gasteiger partial charge in [-0.15, -0.1) is 0 Å². The molecule has 4 rings (SSSR count). The summed E-state index contributed by atoms with van der Waals surface area (Å²) in [5.41, 5.74) is 3.16. The van der Waals surface area contributed by atoms with Crippen LogP contribution < -0.4 is 4.90 Å². The maximum Gasteiger partial charge on any atom is 0.165 e. The Bertz CT molecular complexity index is 839. The first-order valence-electron chi connectivity index (χ1n) is 7.94.